The Hall–Kier alpha value is -0.0600. The molecule has 1 saturated heterocycles. The summed E-state index contributed by atoms with van der Waals surface area (Å²) in [5, 5.41) is 7.02. The third-order valence-electron chi connectivity index (χ3n) is 2.96. The predicted molar refractivity (Wildman–Crippen MR) is 73.4 cm³/mol. The average Bonchev–Trinajstić information content (AvgIpc) is 2.83. The van der Waals surface area contributed by atoms with Crippen LogP contribution in [-0.4, -0.2) is 29.1 Å². The van der Waals surface area contributed by atoms with Gasteiger partial charge in [0, 0.05) is 17.6 Å². The minimum absolute atomic E-state index is 0.793. The summed E-state index contributed by atoms with van der Waals surface area (Å²) < 4.78 is 0. The van der Waals surface area contributed by atoms with E-state index in [0.717, 1.165) is 12.5 Å². The molecule has 1 fully saturated rings. The van der Waals surface area contributed by atoms with E-state index in [9.17, 15) is 0 Å². The van der Waals surface area contributed by atoms with Crippen LogP contribution in [-0.2, 0) is 6.42 Å². The number of thiazole rings is 1. The molecule has 1 N–H and O–H groups in total. The third-order valence-corrected chi connectivity index (χ3v) is 4.84. The lowest BCUT2D eigenvalue weighted by atomic mass is 10.1. The summed E-state index contributed by atoms with van der Waals surface area (Å²) in [5.41, 5.74) is 0. The van der Waals surface area contributed by atoms with Gasteiger partial charge in [-0.2, -0.15) is 11.8 Å². The molecule has 2 rings (SSSR count). The Bertz CT molecular complexity index is 269. The summed E-state index contributed by atoms with van der Waals surface area (Å²) in [5.74, 6) is 2.69. The lowest BCUT2D eigenvalue weighted by Gasteiger charge is -2.22. The fourth-order valence-corrected chi connectivity index (χ4v) is 3.75. The van der Waals surface area contributed by atoms with Crippen molar-refractivity contribution in [3.8, 4) is 0 Å². The maximum atomic E-state index is 4.30. The van der Waals surface area contributed by atoms with Gasteiger partial charge in [0.05, 0.1) is 5.01 Å². The van der Waals surface area contributed by atoms with Crippen LogP contribution in [0.2, 0.25) is 0 Å². The number of hydrogen-bond donors (Lipinski definition) is 1. The number of nitrogens with one attached hydrogen (secondary N) is 1. The summed E-state index contributed by atoms with van der Waals surface area (Å²) in [6.45, 7) is 1.18. The molecule has 16 heavy (non-hydrogen) atoms. The van der Waals surface area contributed by atoms with Crippen LogP contribution < -0.4 is 5.32 Å². The first-order chi connectivity index (χ1) is 7.95. The Morgan fingerprint density at radius 2 is 2.19 bits per heavy atom. The van der Waals surface area contributed by atoms with Gasteiger partial charge in [0.25, 0.3) is 0 Å². The van der Waals surface area contributed by atoms with Crippen molar-refractivity contribution < 1.29 is 0 Å². The molecule has 0 bridgehead atoms. The Labute approximate surface area is 106 Å². The van der Waals surface area contributed by atoms with E-state index in [0.29, 0.717) is 0 Å². The van der Waals surface area contributed by atoms with Gasteiger partial charge in [-0.15, -0.1) is 11.3 Å². The van der Waals surface area contributed by atoms with Crippen molar-refractivity contribution in [3.63, 3.8) is 0 Å². The van der Waals surface area contributed by atoms with Crippen molar-refractivity contribution >= 4 is 23.1 Å². The van der Waals surface area contributed by atoms with Gasteiger partial charge in [-0.05, 0) is 50.2 Å². The molecule has 0 radical (unpaired) electrons. The lowest BCUT2D eigenvalue weighted by molar-refractivity contribution is 0.472. The Kier molecular flexibility index (Phi) is 5.66. The van der Waals surface area contributed by atoms with Crippen molar-refractivity contribution in [2.75, 3.05) is 18.1 Å². The summed E-state index contributed by atoms with van der Waals surface area (Å²) in [4.78, 5) is 4.30. The van der Waals surface area contributed by atoms with Crippen LogP contribution >= 0.6 is 23.1 Å². The highest BCUT2D eigenvalue weighted by atomic mass is 32.2. The highest BCUT2D eigenvalue weighted by Crippen LogP contribution is 2.16. The fourth-order valence-electron chi connectivity index (χ4n) is 1.99. The standard InChI is InChI=1S/C12H20N2S2/c1(3-12-14-7-10-16-12)2-6-13-11-4-8-15-9-5-11/h7,10-11,13H,1-6,8-9H2. The summed E-state index contributed by atoms with van der Waals surface area (Å²) >= 11 is 3.87. The molecule has 2 heterocycles. The Morgan fingerprint density at radius 1 is 1.31 bits per heavy atom. The number of hydrogen-bond acceptors (Lipinski definition) is 4. The highest BCUT2D eigenvalue weighted by molar-refractivity contribution is 7.99. The smallest absolute Gasteiger partial charge is 0.0924 e. The molecule has 0 saturated carbocycles. The molecule has 1 aromatic heterocycles. The molecule has 1 aromatic rings. The van der Waals surface area contributed by atoms with E-state index >= 15 is 0 Å². The number of rotatable bonds is 6. The SMILES string of the molecule is c1csc(CCCCNC2CCSCC2)n1. The zero-order chi connectivity index (χ0) is 11.1. The van der Waals surface area contributed by atoms with Crippen molar-refractivity contribution in [1.29, 1.82) is 0 Å². The predicted octanol–water partition coefficient (Wildman–Crippen LogP) is 2.95. The number of nitrogens with zero attached hydrogens (tertiary/aromatic N) is 1. The van der Waals surface area contributed by atoms with E-state index < -0.39 is 0 Å². The van der Waals surface area contributed by atoms with E-state index in [1.807, 2.05) is 6.20 Å². The third kappa shape index (κ3) is 4.44. The van der Waals surface area contributed by atoms with Crippen molar-refractivity contribution in [2.24, 2.45) is 0 Å². The normalized spacial score (nSPS) is 17.8. The molecule has 4 heteroatoms. The molecule has 2 nitrogen and oxygen atoms in total. The topological polar surface area (TPSA) is 24.9 Å². The molecule has 0 spiro atoms. The lowest BCUT2D eigenvalue weighted by Crippen LogP contribution is -2.33. The molecular weight excluding hydrogens is 236 g/mol. The quantitative estimate of drug-likeness (QED) is 0.792. The van der Waals surface area contributed by atoms with Gasteiger partial charge in [0.15, 0.2) is 0 Å². The second kappa shape index (κ2) is 7.30. The van der Waals surface area contributed by atoms with Crippen LogP contribution in [0.3, 0.4) is 0 Å². The van der Waals surface area contributed by atoms with Gasteiger partial charge in [-0.25, -0.2) is 4.98 Å². The second-order valence-corrected chi connectivity index (χ2v) is 6.43. The first kappa shape index (κ1) is 12.4. The van der Waals surface area contributed by atoms with E-state index in [4.69, 9.17) is 0 Å². The van der Waals surface area contributed by atoms with Gasteiger partial charge in [-0.3, -0.25) is 0 Å². The summed E-state index contributed by atoms with van der Waals surface area (Å²) in [6.07, 6.45) is 8.32. The Balaban J connectivity index is 1.48. The van der Waals surface area contributed by atoms with Crippen molar-refractivity contribution in [1.82, 2.24) is 10.3 Å². The monoisotopic (exact) mass is 256 g/mol. The molecule has 0 atom stereocenters. The minimum atomic E-state index is 0.793. The van der Waals surface area contributed by atoms with Crippen molar-refractivity contribution in [2.45, 2.75) is 38.1 Å². The van der Waals surface area contributed by atoms with Crippen LogP contribution in [0.1, 0.15) is 30.7 Å². The highest BCUT2D eigenvalue weighted by Gasteiger charge is 2.11. The average molecular weight is 256 g/mol. The molecule has 1 aliphatic rings. The van der Waals surface area contributed by atoms with Crippen LogP contribution in [0.15, 0.2) is 11.6 Å². The molecule has 0 amide bonds. The van der Waals surface area contributed by atoms with Crippen LogP contribution in [0.5, 0.6) is 0 Å². The first-order valence-electron chi connectivity index (χ1n) is 6.14. The molecule has 90 valence electrons. The number of unbranched alkanes of at least 4 members (excludes halogenated alkanes) is 1. The van der Waals surface area contributed by atoms with E-state index in [-0.39, 0.29) is 0 Å². The first-order valence-corrected chi connectivity index (χ1v) is 8.18. The maximum Gasteiger partial charge on any atom is 0.0924 e. The summed E-state index contributed by atoms with van der Waals surface area (Å²) in [7, 11) is 0. The van der Waals surface area contributed by atoms with Gasteiger partial charge < -0.3 is 5.32 Å². The minimum Gasteiger partial charge on any atom is -0.314 e. The van der Waals surface area contributed by atoms with E-state index in [1.165, 1.54) is 48.7 Å². The Morgan fingerprint density at radius 3 is 2.94 bits per heavy atom. The maximum absolute atomic E-state index is 4.30. The molecule has 1 aliphatic heterocycles. The van der Waals surface area contributed by atoms with Gasteiger partial charge in [0.2, 0.25) is 0 Å². The largest absolute Gasteiger partial charge is 0.314 e. The molecule has 0 unspecified atom stereocenters. The van der Waals surface area contributed by atoms with Crippen molar-refractivity contribution in [3.05, 3.63) is 16.6 Å². The van der Waals surface area contributed by atoms with Crippen LogP contribution in [0, 0.1) is 0 Å². The zero-order valence-corrected chi connectivity index (χ0v) is 11.3. The van der Waals surface area contributed by atoms with Crippen LogP contribution in [0.25, 0.3) is 0 Å². The van der Waals surface area contributed by atoms with Crippen LogP contribution in [0.4, 0.5) is 0 Å². The summed E-state index contributed by atoms with van der Waals surface area (Å²) in [6, 6.07) is 0.793. The van der Waals surface area contributed by atoms with Gasteiger partial charge in [-0.1, -0.05) is 0 Å². The van der Waals surface area contributed by atoms with Gasteiger partial charge >= 0.3 is 0 Å². The van der Waals surface area contributed by atoms with E-state index in [2.05, 4.69) is 27.4 Å². The number of thioether (sulfide) groups is 1. The number of aryl methyl sites for hydroxylation is 1. The molecular formula is C12H20N2S2. The van der Waals surface area contributed by atoms with Gasteiger partial charge in [0.1, 0.15) is 0 Å². The molecule has 0 aromatic carbocycles. The fraction of sp³-hybridized carbons (Fsp3) is 0.750. The zero-order valence-electron chi connectivity index (χ0n) is 9.65. The number of aromatic nitrogens is 1. The second-order valence-electron chi connectivity index (χ2n) is 4.22. The van der Waals surface area contributed by atoms with E-state index in [1.54, 1.807) is 11.3 Å². The molecule has 0 aliphatic carbocycles.